The Morgan fingerprint density at radius 1 is 1.15 bits per heavy atom. The maximum atomic E-state index is 13.9. The molecule has 0 saturated carbocycles. The van der Waals surface area contributed by atoms with Gasteiger partial charge in [-0.05, 0) is 30.3 Å². The van der Waals surface area contributed by atoms with Crippen LogP contribution in [-0.2, 0) is 13.2 Å². The van der Waals surface area contributed by atoms with Crippen molar-refractivity contribution in [2.45, 2.75) is 13.2 Å². The van der Waals surface area contributed by atoms with Crippen molar-refractivity contribution in [3.05, 3.63) is 63.4 Å². The summed E-state index contributed by atoms with van der Waals surface area (Å²) < 4.78 is 19.8. The topological polar surface area (TPSA) is 36.5 Å². The molecule has 0 aliphatic carbocycles. The van der Waals surface area contributed by atoms with Gasteiger partial charge in [-0.15, -0.1) is 0 Å². The molecular weight excluding hydrogens is 388 g/mol. The summed E-state index contributed by atoms with van der Waals surface area (Å²) >= 11 is 12.2. The minimum Gasteiger partial charge on any atom is -0.488 e. The maximum absolute atomic E-state index is 13.9. The zero-order valence-corrected chi connectivity index (χ0v) is 16.6. The first-order chi connectivity index (χ1) is 13.1. The van der Waals surface area contributed by atoms with Crippen molar-refractivity contribution in [2.24, 2.45) is 0 Å². The van der Waals surface area contributed by atoms with Crippen LogP contribution in [-0.4, -0.2) is 44.2 Å². The van der Waals surface area contributed by atoms with Gasteiger partial charge >= 0.3 is 0 Å². The Morgan fingerprint density at radius 2 is 1.96 bits per heavy atom. The molecular formula is C20H24Cl2FN3O. The molecule has 1 heterocycles. The van der Waals surface area contributed by atoms with Gasteiger partial charge < -0.3 is 15.4 Å². The molecule has 0 aromatic heterocycles. The number of piperazine rings is 1. The third-order valence-corrected chi connectivity index (χ3v) is 5.18. The molecule has 146 valence electrons. The van der Waals surface area contributed by atoms with Crippen molar-refractivity contribution in [1.29, 1.82) is 0 Å². The van der Waals surface area contributed by atoms with Gasteiger partial charge in [-0.25, -0.2) is 4.39 Å². The molecule has 0 amide bonds. The molecule has 27 heavy (non-hydrogen) atoms. The van der Waals surface area contributed by atoms with Crippen molar-refractivity contribution in [2.75, 3.05) is 39.3 Å². The van der Waals surface area contributed by atoms with Crippen molar-refractivity contribution in [1.82, 2.24) is 15.5 Å². The lowest BCUT2D eigenvalue weighted by Gasteiger charge is -2.27. The third kappa shape index (κ3) is 6.06. The van der Waals surface area contributed by atoms with E-state index in [2.05, 4.69) is 15.5 Å². The maximum Gasteiger partial charge on any atom is 0.131 e. The Bertz CT molecular complexity index is 734. The first-order valence-electron chi connectivity index (χ1n) is 9.11. The van der Waals surface area contributed by atoms with Gasteiger partial charge in [0.15, 0.2) is 0 Å². The summed E-state index contributed by atoms with van der Waals surface area (Å²) in [6.07, 6.45) is 0. The number of hydrogen-bond acceptors (Lipinski definition) is 4. The minimum absolute atomic E-state index is 0.0704. The number of rotatable bonds is 8. The quantitative estimate of drug-likeness (QED) is 0.649. The fraction of sp³-hybridized carbons (Fsp3) is 0.400. The van der Waals surface area contributed by atoms with Crippen molar-refractivity contribution in [3.8, 4) is 5.75 Å². The van der Waals surface area contributed by atoms with Gasteiger partial charge in [0.1, 0.15) is 18.2 Å². The zero-order chi connectivity index (χ0) is 19.1. The Morgan fingerprint density at radius 3 is 2.74 bits per heavy atom. The van der Waals surface area contributed by atoms with Crippen molar-refractivity contribution < 1.29 is 9.13 Å². The molecule has 7 heteroatoms. The van der Waals surface area contributed by atoms with Crippen LogP contribution in [0.4, 0.5) is 4.39 Å². The molecule has 1 fully saturated rings. The molecule has 0 bridgehead atoms. The van der Waals surface area contributed by atoms with E-state index in [0.717, 1.165) is 44.8 Å². The van der Waals surface area contributed by atoms with Gasteiger partial charge in [0, 0.05) is 62.0 Å². The van der Waals surface area contributed by atoms with Crippen LogP contribution in [0.15, 0.2) is 36.4 Å². The average molecular weight is 412 g/mol. The fourth-order valence-corrected chi connectivity index (χ4v) is 3.45. The lowest BCUT2D eigenvalue weighted by Crippen LogP contribution is -2.45. The van der Waals surface area contributed by atoms with Gasteiger partial charge in [-0.3, -0.25) is 4.90 Å². The highest BCUT2D eigenvalue weighted by molar-refractivity contribution is 6.31. The standard InChI is InChI=1S/C20H24Cl2FN3O/c21-16-4-5-20(27-14-17-18(22)2-1-3-19(17)23)15(12-16)13-25-8-11-26-9-6-24-7-10-26/h1-5,12,24-25H,6-11,13-14H2. The fourth-order valence-electron chi connectivity index (χ4n) is 3.04. The number of nitrogens with zero attached hydrogens (tertiary/aromatic N) is 1. The van der Waals surface area contributed by atoms with Crippen LogP contribution in [0, 0.1) is 5.82 Å². The van der Waals surface area contributed by atoms with E-state index in [-0.39, 0.29) is 12.4 Å². The lowest BCUT2D eigenvalue weighted by atomic mass is 10.2. The van der Waals surface area contributed by atoms with Gasteiger partial charge in [-0.2, -0.15) is 0 Å². The highest BCUT2D eigenvalue weighted by atomic mass is 35.5. The Labute approximate surface area is 169 Å². The first-order valence-corrected chi connectivity index (χ1v) is 9.87. The van der Waals surface area contributed by atoms with E-state index >= 15 is 0 Å². The molecule has 1 aliphatic heterocycles. The summed E-state index contributed by atoms with van der Waals surface area (Å²) in [6, 6.07) is 10.1. The van der Waals surface area contributed by atoms with Gasteiger partial charge in [0.05, 0.1) is 5.02 Å². The Kier molecular flexibility index (Phi) is 7.73. The predicted molar refractivity (Wildman–Crippen MR) is 108 cm³/mol. The van der Waals surface area contributed by atoms with Crippen LogP contribution in [0.5, 0.6) is 5.75 Å². The first kappa shape index (κ1) is 20.4. The number of halogens is 3. The molecule has 2 N–H and O–H groups in total. The second-order valence-corrected chi connectivity index (χ2v) is 7.35. The zero-order valence-electron chi connectivity index (χ0n) is 15.1. The van der Waals surface area contributed by atoms with E-state index in [1.165, 1.54) is 6.07 Å². The van der Waals surface area contributed by atoms with Crippen molar-refractivity contribution >= 4 is 23.2 Å². The second kappa shape index (κ2) is 10.2. The Hall–Kier alpha value is -1.37. The smallest absolute Gasteiger partial charge is 0.131 e. The third-order valence-electron chi connectivity index (χ3n) is 4.59. The van der Waals surface area contributed by atoms with Gasteiger partial charge in [0.25, 0.3) is 0 Å². The van der Waals surface area contributed by atoms with Gasteiger partial charge in [0.2, 0.25) is 0 Å². The second-order valence-electron chi connectivity index (χ2n) is 6.51. The van der Waals surface area contributed by atoms with E-state index in [4.69, 9.17) is 27.9 Å². The van der Waals surface area contributed by atoms with Crippen LogP contribution in [0.3, 0.4) is 0 Å². The number of nitrogens with one attached hydrogen (secondary N) is 2. The monoisotopic (exact) mass is 411 g/mol. The average Bonchev–Trinajstić information content (AvgIpc) is 2.67. The summed E-state index contributed by atoms with van der Waals surface area (Å²) in [5.74, 6) is 0.306. The SMILES string of the molecule is Fc1cccc(Cl)c1COc1ccc(Cl)cc1CNCCN1CCNCC1. The number of benzene rings is 2. The van der Waals surface area contributed by atoms with E-state index < -0.39 is 0 Å². The Balaban J connectivity index is 1.56. The molecule has 0 unspecified atom stereocenters. The summed E-state index contributed by atoms with van der Waals surface area (Å²) in [5, 5.41) is 7.79. The summed E-state index contributed by atoms with van der Waals surface area (Å²) in [4.78, 5) is 2.43. The van der Waals surface area contributed by atoms with Crippen LogP contribution in [0.25, 0.3) is 0 Å². The van der Waals surface area contributed by atoms with Crippen molar-refractivity contribution in [3.63, 3.8) is 0 Å². The van der Waals surface area contributed by atoms with Crippen LogP contribution in [0.1, 0.15) is 11.1 Å². The summed E-state index contributed by atoms with van der Waals surface area (Å²) in [7, 11) is 0. The van der Waals surface area contributed by atoms with Crippen LogP contribution >= 0.6 is 23.2 Å². The summed E-state index contributed by atoms with van der Waals surface area (Å²) in [5.41, 5.74) is 1.29. The molecule has 0 spiro atoms. The largest absolute Gasteiger partial charge is 0.488 e. The normalized spacial score (nSPS) is 15.1. The molecule has 0 atom stereocenters. The van der Waals surface area contributed by atoms with E-state index in [1.807, 2.05) is 12.1 Å². The molecule has 4 nitrogen and oxygen atoms in total. The van der Waals surface area contributed by atoms with Crippen LogP contribution in [0.2, 0.25) is 10.0 Å². The molecule has 1 saturated heterocycles. The molecule has 2 aromatic rings. The molecule has 1 aliphatic rings. The number of hydrogen-bond donors (Lipinski definition) is 2. The van der Waals surface area contributed by atoms with Gasteiger partial charge in [-0.1, -0.05) is 29.3 Å². The highest BCUT2D eigenvalue weighted by Gasteiger charge is 2.11. The molecule has 2 aromatic carbocycles. The van der Waals surface area contributed by atoms with E-state index in [0.29, 0.717) is 27.9 Å². The molecule has 0 radical (unpaired) electrons. The van der Waals surface area contributed by atoms with E-state index in [1.54, 1.807) is 18.2 Å². The van der Waals surface area contributed by atoms with E-state index in [9.17, 15) is 4.39 Å². The lowest BCUT2D eigenvalue weighted by molar-refractivity contribution is 0.240. The van der Waals surface area contributed by atoms with Crippen LogP contribution < -0.4 is 15.4 Å². The minimum atomic E-state index is -0.368. The predicted octanol–water partition coefficient (Wildman–Crippen LogP) is 3.71. The highest BCUT2D eigenvalue weighted by Crippen LogP contribution is 2.26. The summed E-state index contributed by atoms with van der Waals surface area (Å²) in [6.45, 7) is 6.84. The molecule has 3 rings (SSSR count). The number of ether oxygens (including phenoxy) is 1.